The van der Waals surface area contributed by atoms with Crippen LogP contribution in [0.15, 0.2) is 58.5 Å². The molecule has 0 bridgehead atoms. The number of nitrogen functional groups attached to an aromatic ring is 1. The lowest BCUT2D eigenvalue weighted by molar-refractivity contribution is -0.113. The number of hydrogen-bond donors (Lipinski definition) is 3. The van der Waals surface area contributed by atoms with Crippen molar-refractivity contribution in [3.05, 3.63) is 70.0 Å². The second-order valence-corrected chi connectivity index (χ2v) is 7.10. The quantitative estimate of drug-likeness (QED) is 0.465. The Labute approximate surface area is 161 Å². The average Bonchev–Trinajstić information content (AvgIpc) is 2.63. The first-order valence-electron chi connectivity index (χ1n) is 8.39. The zero-order chi connectivity index (χ0) is 19.4. The first kappa shape index (κ1) is 18.7. The minimum absolute atomic E-state index is 0.111. The molecule has 0 unspecified atom stereocenters. The Kier molecular flexibility index (Phi) is 5.61. The Bertz CT molecular complexity index is 1030. The van der Waals surface area contributed by atoms with E-state index in [9.17, 15) is 9.59 Å². The number of anilines is 2. The zero-order valence-electron chi connectivity index (χ0n) is 15.1. The molecule has 0 fully saturated rings. The van der Waals surface area contributed by atoms with Gasteiger partial charge in [-0.1, -0.05) is 48.2 Å². The van der Waals surface area contributed by atoms with Crippen molar-refractivity contribution in [1.29, 1.82) is 0 Å². The number of hydrogen-bond acceptors (Lipinski definition) is 5. The molecule has 0 spiro atoms. The molecule has 4 N–H and O–H groups in total. The molecule has 138 valence electrons. The maximum Gasteiger partial charge on any atom is 0.261 e. The maximum absolute atomic E-state index is 12.4. The molecule has 0 saturated heterocycles. The summed E-state index contributed by atoms with van der Waals surface area (Å²) in [7, 11) is 0. The van der Waals surface area contributed by atoms with Crippen LogP contribution in [0.25, 0.3) is 11.1 Å². The number of aromatic nitrogens is 2. The lowest BCUT2D eigenvalue weighted by Crippen LogP contribution is -2.17. The van der Waals surface area contributed by atoms with E-state index in [1.807, 2.05) is 50.2 Å². The molecule has 0 atom stereocenters. The molecule has 0 aliphatic heterocycles. The van der Waals surface area contributed by atoms with Crippen molar-refractivity contribution in [2.45, 2.75) is 19.0 Å². The van der Waals surface area contributed by atoms with Gasteiger partial charge in [-0.25, -0.2) is 4.98 Å². The highest BCUT2D eigenvalue weighted by Crippen LogP contribution is 2.22. The van der Waals surface area contributed by atoms with Crippen LogP contribution in [0.2, 0.25) is 0 Å². The predicted octanol–water partition coefficient (Wildman–Crippen LogP) is 3.37. The molecule has 3 aromatic rings. The van der Waals surface area contributed by atoms with Crippen molar-refractivity contribution >= 4 is 29.2 Å². The molecular weight excluding hydrogens is 360 g/mol. The molecule has 0 aliphatic rings. The summed E-state index contributed by atoms with van der Waals surface area (Å²) in [6, 6.07) is 14.9. The fourth-order valence-corrected chi connectivity index (χ4v) is 3.24. The molecule has 0 radical (unpaired) electrons. The van der Waals surface area contributed by atoms with Gasteiger partial charge in [0.25, 0.3) is 5.56 Å². The Morgan fingerprint density at radius 1 is 1.15 bits per heavy atom. The van der Waals surface area contributed by atoms with Gasteiger partial charge in [0, 0.05) is 5.69 Å². The van der Waals surface area contributed by atoms with Crippen molar-refractivity contribution in [3.8, 4) is 11.1 Å². The summed E-state index contributed by atoms with van der Waals surface area (Å²) in [5.74, 6) is 0.0682. The van der Waals surface area contributed by atoms with Crippen LogP contribution in [-0.4, -0.2) is 21.6 Å². The number of nitrogens with zero attached hydrogens (tertiary/aromatic N) is 1. The lowest BCUT2D eigenvalue weighted by atomic mass is 10.1. The second-order valence-electron chi connectivity index (χ2n) is 6.13. The number of H-pyrrole nitrogens is 1. The van der Waals surface area contributed by atoms with Gasteiger partial charge in [0.2, 0.25) is 5.91 Å². The highest BCUT2D eigenvalue weighted by Gasteiger charge is 2.12. The van der Waals surface area contributed by atoms with E-state index in [0.717, 1.165) is 28.6 Å². The normalized spacial score (nSPS) is 10.6. The van der Waals surface area contributed by atoms with Crippen molar-refractivity contribution < 1.29 is 4.79 Å². The Balaban J connectivity index is 1.68. The summed E-state index contributed by atoms with van der Waals surface area (Å²) >= 11 is 1.13. The summed E-state index contributed by atoms with van der Waals surface area (Å²) in [4.78, 5) is 31.4. The van der Waals surface area contributed by atoms with Gasteiger partial charge < -0.3 is 16.0 Å². The Morgan fingerprint density at radius 2 is 1.89 bits per heavy atom. The minimum atomic E-state index is -0.328. The van der Waals surface area contributed by atoms with Gasteiger partial charge in [0.05, 0.1) is 11.3 Å². The van der Waals surface area contributed by atoms with Gasteiger partial charge in [0.1, 0.15) is 5.82 Å². The first-order valence-corrected chi connectivity index (χ1v) is 9.37. The molecule has 3 rings (SSSR count). The first-order chi connectivity index (χ1) is 12.9. The van der Waals surface area contributed by atoms with Crippen molar-refractivity contribution in [1.82, 2.24) is 9.97 Å². The number of rotatable bonds is 5. The number of amides is 1. The summed E-state index contributed by atoms with van der Waals surface area (Å²) in [6.07, 6.45) is 0. The van der Waals surface area contributed by atoms with E-state index in [1.165, 1.54) is 0 Å². The number of aromatic amines is 1. The average molecular weight is 380 g/mol. The van der Waals surface area contributed by atoms with Gasteiger partial charge in [-0.2, -0.15) is 0 Å². The van der Waals surface area contributed by atoms with E-state index >= 15 is 0 Å². The summed E-state index contributed by atoms with van der Waals surface area (Å²) in [5, 5.41) is 3.15. The van der Waals surface area contributed by atoms with Crippen molar-refractivity contribution in [3.63, 3.8) is 0 Å². The second kappa shape index (κ2) is 8.09. The van der Waals surface area contributed by atoms with E-state index in [-0.39, 0.29) is 23.0 Å². The highest BCUT2D eigenvalue weighted by molar-refractivity contribution is 7.99. The van der Waals surface area contributed by atoms with E-state index in [0.29, 0.717) is 16.3 Å². The summed E-state index contributed by atoms with van der Waals surface area (Å²) in [5.41, 5.74) is 9.69. The van der Waals surface area contributed by atoms with Crippen molar-refractivity contribution in [2.24, 2.45) is 0 Å². The zero-order valence-corrected chi connectivity index (χ0v) is 15.9. The van der Waals surface area contributed by atoms with Crippen molar-refractivity contribution in [2.75, 3.05) is 16.8 Å². The fourth-order valence-electron chi connectivity index (χ4n) is 2.57. The molecule has 0 aliphatic carbocycles. The number of carbonyl (C=O) groups excluding carboxylic acids is 1. The number of carbonyl (C=O) groups is 1. The van der Waals surface area contributed by atoms with Gasteiger partial charge >= 0.3 is 0 Å². The molecular formula is C20H20N4O2S. The largest absolute Gasteiger partial charge is 0.383 e. The molecule has 1 heterocycles. The van der Waals surface area contributed by atoms with Gasteiger partial charge in [-0.05, 0) is 42.7 Å². The third-order valence-corrected chi connectivity index (χ3v) is 4.99. The molecule has 27 heavy (non-hydrogen) atoms. The molecule has 2 aromatic carbocycles. The summed E-state index contributed by atoms with van der Waals surface area (Å²) < 4.78 is 0. The third kappa shape index (κ3) is 4.57. The van der Waals surface area contributed by atoms with Gasteiger partial charge in [-0.3, -0.25) is 9.59 Å². The molecule has 6 nitrogen and oxygen atoms in total. The van der Waals surface area contributed by atoms with Crippen LogP contribution in [0.3, 0.4) is 0 Å². The smallest absolute Gasteiger partial charge is 0.261 e. The predicted molar refractivity (Wildman–Crippen MR) is 110 cm³/mol. The standard InChI is InChI=1S/C20H20N4O2S/c1-12-8-9-15(10-13(12)2)22-16(25)11-27-20-23-18(21)17(19(26)24-20)14-6-4-3-5-7-14/h3-10H,11H2,1-2H3,(H,22,25)(H3,21,23,24,26). The molecule has 1 amide bonds. The molecule has 0 saturated carbocycles. The Morgan fingerprint density at radius 3 is 2.56 bits per heavy atom. The van der Waals surface area contributed by atoms with E-state index in [4.69, 9.17) is 5.73 Å². The number of thioether (sulfide) groups is 1. The summed E-state index contributed by atoms with van der Waals surface area (Å²) in [6.45, 7) is 4.01. The molecule has 7 heteroatoms. The van der Waals surface area contributed by atoms with E-state index in [1.54, 1.807) is 12.1 Å². The lowest BCUT2D eigenvalue weighted by Gasteiger charge is -2.08. The van der Waals surface area contributed by atoms with E-state index < -0.39 is 0 Å². The fraction of sp³-hybridized carbons (Fsp3) is 0.150. The van der Waals surface area contributed by atoms with E-state index in [2.05, 4.69) is 15.3 Å². The SMILES string of the molecule is Cc1ccc(NC(=O)CSc2nc(N)c(-c3ccccc3)c(=O)[nH]2)cc1C. The van der Waals surface area contributed by atoms with Crippen LogP contribution in [0.5, 0.6) is 0 Å². The van der Waals surface area contributed by atoms with Crippen LogP contribution < -0.4 is 16.6 Å². The molecule has 1 aromatic heterocycles. The van der Waals surface area contributed by atoms with Crippen LogP contribution in [0.4, 0.5) is 11.5 Å². The number of aryl methyl sites for hydroxylation is 2. The maximum atomic E-state index is 12.4. The van der Waals surface area contributed by atoms with Gasteiger partial charge in [-0.15, -0.1) is 0 Å². The monoisotopic (exact) mass is 380 g/mol. The topological polar surface area (TPSA) is 101 Å². The van der Waals surface area contributed by atoms with Crippen LogP contribution in [0.1, 0.15) is 11.1 Å². The van der Waals surface area contributed by atoms with Crippen LogP contribution >= 0.6 is 11.8 Å². The van der Waals surface area contributed by atoms with Gasteiger partial charge in [0.15, 0.2) is 5.16 Å². The number of benzene rings is 2. The number of nitrogens with two attached hydrogens (primary N) is 1. The minimum Gasteiger partial charge on any atom is -0.383 e. The Hall–Kier alpha value is -3.06. The van der Waals surface area contributed by atoms with Crippen LogP contribution in [-0.2, 0) is 4.79 Å². The third-order valence-electron chi connectivity index (χ3n) is 4.12. The highest BCUT2D eigenvalue weighted by atomic mass is 32.2. The number of nitrogens with one attached hydrogen (secondary N) is 2. The van der Waals surface area contributed by atoms with Crippen LogP contribution in [0, 0.1) is 13.8 Å².